The van der Waals surface area contributed by atoms with Crippen LogP contribution in [0, 0.1) is 11.3 Å². The third kappa shape index (κ3) is 4.37. The predicted octanol–water partition coefficient (Wildman–Crippen LogP) is 3.69. The minimum Gasteiger partial charge on any atom is -0.486 e. The third-order valence-electron chi connectivity index (χ3n) is 6.78. The van der Waals surface area contributed by atoms with Crippen LogP contribution in [0.5, 0.6) is 11.5 Å². The van der Waals surface area contributed by atoms with E-state index in [1.165, 1.54) is 37.8 Å². The van der Waals surface area contributed by atoms with Crippen molar-refractivity contribution in [2.24, 2.45) is 5.92 Å². The van der Waals surface area contributed by atoms with Crippen molar-refractivity contribution in [2.75, 3.05) is 44.3 Å². The normalized spacial score (nSPS) is 22.0. The van der Waals surface area contributed by atoms with Gasteiger partial charge in [0.05, 0.1) is 0 Å². The Bertz CT molecular complexity index is 924. The summed E-state index contributed by atoms with van der Waals surface area (Å²) >= 11 is 0. The Hall–Kier alpha value is -2.67. The molecule has 1 N–H and O–H groups in total. The van der Waals surface area contributed by atoms with Crippen molar-refractivity contribution in [3.63, 3.8) is 0 Å². The van der Waals surface area contributed by atoms with E-state index in [0.717, 1.165) is 42.6 Å². The van der Waals surface area contributed by atoms with Crippen LogP contribution in [0.3, 0.4) is 0 Å². The van der Waals surface area contributed by atoms with Crippen LogP contribution in [0.15, 0.2) is 30.6 Å². The molecule has 4 heterocycles. The van der Waals surface area contributed by atoms with Gasteiger partial charge in [0.1, 0.15) is 13.2 Å². The molecule has 7 heteroatoms. The van der Waals surface area contributed by atoms with E-state index in [1.54, 1.807) is 19.3 Å². The number of hydrogen-bond donors (Lipinski definition) is 1. The monoisotopic (exact) mass is 421 g/mol. The first-order valence-corrected chi connectivity index (χ1v) is 11.4. The summed E-state index contributed by atoms with van der Waals surface area (Å²) in [5.74, 6) is 3.27. The van der Waals surface area contributed by atoms with Gasteiger partial charge in [0, 0.05) is 49.3 Å². The highest BCUT2D eigenvalue weighted by Crippen LogP contribution is 2.39. The van der Waals surface area contributed by atoms with Crippen LogP contribution in [0.4, 0.5) is 5.95 Å². The lowest BCUT2D eigenvalue weighted by Crippen LogP contribution is -2.39. The van der Waals surface area contributed by atoms with E-state index in [2.05, 4.69) is 38.0 Å². The van der Waals surface area contributed by atoms with Crippen LogP contribution in [0.1, 0.15) is 49.8 Å². The first kappa shape index (κ1) is 20.2. The predicted molar refractivity (Wildman–Crippen MR) is 120 cm³/mol. The number of nitrogens with zero attached hydrogens (tertiary/aromatic N) is 4. The Morgan fingerprint density at radius 3 is 2.52 bits per heavy atom. The van der Waals surface area contributed by atoms with Crippen molar-refractivity contribution in [2.45, 2.75) is 38.6 Å². The highest BCUT2D eigenvalue weighted by Gasteiger charge is 2.30. The van der Waals surface area contributed by atoms with Crippen molar-refractivity contribution < 1.29 is 9.47 Å². The highest BCUT2D eigenvalue weighted by molar-refractivity contribution is 5.95. The van der Waals surface area contributed by atoms with E-state index >= 15 is 0 Å². The lowest BCUT2D eigenvalue weighted by atomic mass is 9.95. The van der Waals surface area contributed by atoms with E-state index in [-0.39, 0.29) is 0 Å². The number of ether oxygens (including phenoxy) is 2. The van der Waals surface area contributed by atoms with Gasteiger partial charge in [-0.05, 0) is 62.8 Å². The average Bonchev–Trinajstić information content (AvgIpc) is 3.27. The van der Waals surface area contributed by atoms with Gasteiger partial charge >= 0.3 is 0 Å². The molecule has 7 nitrogen and oxygen atoms in total. The zero-order valence-corrected chi connectivity index (χ0v) is 18.2. The quantitative estimate of drug-likeness (QED) is 0.742. The molecule has 164 valence electrons. The van der Waals surface area contributed by atoms with Gasteiger partial charge in [-0.2, -0.15) is 0 Å². The molecule has 0 saturated carbocycles. The zero-order valence-electron chi connectivity index (χ0n) is 18.2. The van der Waals surface area contributed by atoms with Crippen molar-refractivity contribution in [1.82, 2.24) is 14.9 Å². The Labute approximate surface area is 183 Å². The molecule has 3 aliphatic heterocycles. The minimum absolute atomic E-state index is 0.481. The minimum atomic E-state index is 0.481. The molecule has 1 unspecified atom stereocenters. The summed E-state index contributed by atoms with van der Waals surface area (Å²) in [6.07, 6.45) is 8.33. The van der Waals surface area contributed by atoms with Crippen molar-refractivity contribution in [1.29, 1.82) is 5.41 Å². The Morgan fingerprint density at radius 1 is 1.03 bits per heavy atom. The molecular weight excluding hydrogens is 390 g/mol. The number of fused-ring (bicyclic) bond motifs is 1. The molecule has 1 atom stereocenters. The summed E-state index contributed by atoms with van der Waals surface area (Å²) in [5.41, 5.74) is 2.65. The van der Waals surface area contributed by atoms with E-state index in [1.807, 2.05) is 0 Å². The molecule has 2 fully saturated rings. The summed E-state index contributed by atoms with van der Waals surface area (Å²) in [4.78, 5) is 13.9. The largest absolute Gasteiger partial charge is 0.486 e. The maximum atomic E-state index is 7.70. The topological polar surface area (TPSA) is 74.6 Å². The number of anilines is 1. The summed E-state index contributed by atoms with van der Waals surface area (Å²) in [6, 6.07) is 6.96. The molecule has 3 aliphatic rings. The summed E-state index contributed by atoms with van der Waals surface area (Å²) in [6.45, 7) is 7.36. The third-order valence-corrected chi connectivity index (χ3v) is 6.78. The molecule has 1 aromatic carbocycles. The fraction of sp³-hybridized carbons (Fsp3) is 0.542. The molecule has 0 spiro atoms. The number of piperidine rings is 1. The van der Waals surface area contributed by atoms with Crippen LogP contribution in [-0.2, 0) is 0 Å². The number of hydrogen-bond acceptors (Lipinski definition) is 7. The van der Waals surface area contributed by atoms with Gasteiger partial charge in [-0.3, -0.25) is 4.90 Å². The molecule has 1 aromatic heterocycles. The van der Waals surface area contributed by atoms with Gasteiger partial charge in [0.25, 0.3) is 0 Å². The van der Waals surface area contributed by atoms with Crippen molar-refractivity contribution in [3.8, 4) is 11.5 Å². The van der Waals surface area contributed by atoms with E-state index in [4.69, 9.17) is 14.9 Å². The van der Waals surface area contributed by atoms with Crippen LogP contribution in [0.25, 0.3) is 0 Å². The smallest absolute Gasteiger partial charge is 0.225 e. The second kappa shape index (κ2) is 8.83. The Kier molecular flexibility index (Phi) is 5.76. The molecule has 0 bridgehead atoms. The molecule has 2 aromatic rings. The number of benzene rings is 1. The zero-order chi connectivity index (χ0) is 21.2. The number of nitrogens with one attached hydrogen (secondary N) is 1. The number of likely N-dealkylation sites (tertiary alicyclic amines) is 1. The van der Waals surface area contributed by atoms with E-state index in [0.29, 0.717) is 30.9 Å². The SMILES string of the molecule is CC(=N)c1cnc(N2CCC(CN3CCCC3c3ccc4c(c3)OCCO4)CC2)nc1. The van der Waals surface area contributed by atoms with Crippen LogP contribution >= 0.6 is 0 Å². The average molecular weight is 422 g/mol. The standard InChI is InChI=1S/C24H31N5O2/c1-17(25)20-14-26-24(27-15-20)28-9-6-18(7-10-28)16-29-8-2-3-21(29)19-4-5-22-23(13-19)31-12-11-30-22/h4-5,13-15,18,21,25H,2-3,6-12,16H2,1H3. The van der Waals surface area contributed by atoms with Gasteiger partial charge in [-0.25, -0.2) is 9.97 Å². The van der Waals surface area contributed by atoms with E-state index < -0.39 is 0 Å². The fourth-order valence-corrected chi connectivity index (χ4v) is 5.01. The highest BCUT2D eigenvalue weighted by atomic mass is 16.6. The van der Waals surface area contributed by atoms with Gasteiger partial charge in [0.2, 0.25) is 5.95 Å². The lowest BCUT2D eigenvalue weighted by Gasteiger charge is -2.35. The van der Waals surface area contributed by atoms with Crippen molar-refractivity contribution in [3.05, 3.63) is 41.7 Å². The molecule has 0 aliphatic carbocycles. The second-order valence-corrected chi connectivity index (χ2v) is 8.88. The van der Waals surface area contributed by atoms with Crippen LogP contribution < -0.4 is 14.4 Å². The maximum Gasteiger partial charge on any atom is 0.225 e. The van der Waals surface area contributed by atoms with Gasteiger partial charge in [0.15, 0.2) is 11.5 Å². The molecular formula is C24H31N5O2. The fourth-order valence-electron chi connectivity index (χ4n) is 5.01. The number of aromatic nitrogens is 2. The summed E-state index contributed by atoms with van der Waals surface area (Å²) < 4.78 is 11.5. The van der Waals surface area contributed by atoms with E-state index in [9.17, 15) is 0 Å². The Morgan fingerprint density at radius 2 is 1.77 bits per heavy atom. The Balaban J connectivity index is 1.18. The van der Waals surface area contributed by atoms with Gasteiger partial charge in [-0.1, -0.05) is 6.07 Å². The van der Waals surface area contributed by atoms with Crippen molar-refractivity contribution >= 4 is 11.7 Å². The number of rotatable bonds is 5. The molecule has 0 amide bonds. The van der Waals surface area contributed by atoms with Gasteiger partial charge in [-0.15, -0.1) is 0 Å². The summed E-state index contributed by atoms with van der Waals surface area (Å²) in [5, 5.41) is 7.70. The first-order valence-electron chi connectivity index (χ1n) is 11.4. The molecule has 31 heavy (non-hydrogen) atoms. The first-order chi connectivity index (χ1) is 15.2. The van der Waals surface area contributed by atoms with Crippen LogP contribution in [-0.4, -0.2) is 60.0 Å². The molecule has 5 rings (SSSR count). The second-order valence-electron chi connectivity index (χ2n) is 8.88. The van der Waals surface area contributed by atoms with Gasteiger partial charge < -0.3 is 19.8 Å². The van der Waals surface area contributed by atoms with Crippen LogP contribution in [0.2, 0.25) is 0 Å². The molecule has 2 saturated heterocycles. The summed E-state index contributed by atoms with van der Waals surface area (Å²) in [7, 11) is 0. The molecule has 0 radical (unpaired) electrons. The maximum absolute atomic E-state index is 7.70. The lowest BCUT2D eigenvalue weighted by molar-refractivity contribution is 0.169.